The Bertz CT molecular complexity index is 2090. The molecule has 5 aromatic rings. The lowest BCUT2D eigenvalue weighted by Crippen LogP contribution is -2.43. The zero-order valence-corrected chi connectivity index (χ0v) is 25.7. The summed E-state index contributed by atoms with van der Waals surface area (Å²) in [6.07, 6.45) is 5.12. The van der Waals surface area contributed by atoms with Crippen molar-refractivity contribution < 1.29 is 33.0 Å². The Morgan fingerprint density at radius 1 is 1.23 bits per heavy atom. The number of rotatable bonds is 9. The summed E-state index contributed by atoms with van der Waals surface area (Å²) in [5.41, 5.74) is 2.47. The van der Waals surface area contributed by atoms with E-state index in [1.165, 1.54) is 26.3 Å². The van der Waals surface area contributed by atoms with Gasteiger partial charge in [-0.3, -0.25) is 14.3 Å². The number of benzene rings is 2. The molecule has 1 aliphatic carbocycles. The molecule has 3 aromatic heterocycles. The second kappa shape index (κ2) is 11.0. The van der Waals surface area contributed by atoms with Crippen molar-refractivity contribution in [3.63, 3.8) is 0 Å². The summed E-state index contributed by atoms with van der Waals surface area (Å²) in [5, 5.41) is 30.2. The highest BCUT2D eigenvalue weighted by molar-refractivity contribution is 6.31. The highest BCUT2D eigenvalue weighted by Crippen LogP contribution is 2.47. The number of aliphatic hydroxyl groups is 1. The SMILES string of the molecule is COc1cc(C(=O)NC[C@@](O)(c2cn[nH]n2)c2cc3c(c(-c4cc(Cl)c(F)cc4F)n2)OC[C@]3(C)C(N)=O)cc2cn(C3CC3)nc12. The number of aromatic amines is 1. The summed E-state index contributed by atoms with van der Waals surface area (Å²) in [6, 6.07) is 6.50. The van der Waals surface area contributed by atoms with Gasteiger partial charge in [0.1, 0.15) is 52.1 Å². The van der Waals surface area contributed by atoms with E-state index in [0.717, 1.165) is 18.9 Å². The second-order valence-corrected chi connectivity index (χ2v) is 12.2. The molecule has 2 atom stereocenters. The van der Waals surface area contributed by atoms with Crippen LogP contribution in [0.4, 0.5) is 8.78 Å². The largest absolute Gasteiger partial charge is 0.494 e. The minimum absolute atomic E-state index is 0.00435. The van der Waals surface area contributed by atoms with Gasteiger partial charge in [-0.05, 0) is 44.0 Å². The molecule has 242 valence electrons. The number of hydrogen-bond acceptors (Lipinski definition) is 9. The quantitative estimate of drug-likeness (QED) is 0.172. The van der Waals surface area contributed by atoms with Crippen LogP contribution >= 0.6 is 11.6 Å². The van der Waals surface area contributed by atoms with E-state index in [9.17, 15) is 19.1 Å². The molecule has 0 radical (unpaired) electrons. The standard InChI is InChI=1S/C31H27ClF2N8O5/c1-30(29(35)44)13-47-27-18(30)8-23(38-26(27)17-7-19(32)21(34)9-20(17)33)31(45,24-10-37-41-39-24)12-36-28(43)14-5-15-11-42(16-3-4-16)40-25(15)22(6-14)46-2/h5-11,16,45H,3-4,12-13H2,1-2H3,(H2,35,44)(H,36,43)(H,37,39,41)/t30-,31-/m0/s1. The molecule has 1 aliphatic heterocycles. The summed E-state index contributed by atoms with van der Waals surface area (Å²) in [4.78, 5) is 30.8. The molecule has 0 bridgehead atoms. The van der Waals surface area contributed by atoms with E-state index in [4.69, 9.17) is 26.8 Å². The zero-order chi connectivity index (χ0) is 33.2. The van der Waals surface area contributed by atoms with Crippen LogP contribution in [0.5, 0.6) is 11.5 Å². The first kappa shape index (κ1) is 30.5. The fourth-order valence-corrected chi connectivity index (χ4v) is 5.81. The van der Waals surface area contributed by atoms with Crippen LogP contribution in [0, 0.1) is 11.6 Å². The third kappa shape index (κ3) is 5.02. The third-order valence-corrected chi connectivity index (χ3v) is 8.93. The fraction of sp³-hybridized carbons (Fsp3) is 0.290. The van der Waals surface area contributed by atoms with Gasteiger partial charge >= 0.3 is 0 Å². The van der Waals surface area contributed by atoms with Gasteiger partial charge in [0.25, 0.3) is 5.91 Å². The third-order valence-electron chi connectivity index (χ3n) is 8.64. The summed E-state index contributed by atoms with van der Waals surface area (Å²) in [6.45, 7) is 0.799. The number of primary amides is 1. The number of nitrogens with zero attached hydrogens (tertiary/aromatic N) is 5. The van der Waals surface area contributed by atoms with Crippen molar-refractivity contribution in [2.45, 2.75) is 36.8 Å². The van der Waals surface area contributed by atoms with E-state index < -0.39 is 46.0 Å². The first-order valence-electron chi connectivity index (χ1n) is 14.5. The van der Waals surface area contributed by atoms with Crippen LogP contribution in [0.3, 0.4) is 0 Å². The molecule has 16 heteroatoms. The number of carbonyl (C=O) groups excluding carboxylic acids is 2. The molecule has 4 heterocycles. The van der Waals surface area contributed by atoms with Crippen molar-refractivity contribution >= 4 is 34.3 Å². The van der Waals surface area contributed by atoms with Crippen molar-refractivity contribution in [1.82, 2.24) is 35.5 Å². The highest BCUT2D eigenvalue weighted by atomic mass is 35.5. The van der Waals surface area contributed by atoms with E-state index in [2.05, 4.69) is 30.8 Å². The summed E-state index contributed by atoms with van der Waals surface area (Å²) in [5.74, 6) is -2.97. The van der Waals surface area contributed by atoms with Crippen LogP contribution in [0.2, 0.25) is 5.02 Å². The number of carbonyl (C=O) groups is 2. The van der Waals surface area contributed by atoms with Crippen LogP contribution in [0.15, 0.2) is 42.7 Å². The number of hydrogen-bond donors (Lipinski definition) is 4. The molecule has 7 rings (SSSR count). The maximum absolute atomic E-state index is 15.3. The minimum Gasteiger partial charge on any atom is -0.494 e. The van der Waals surface area contributed by atoms with Crippen molar-refractivity contribution in [2.24, 2.45) is 5.73 Å². The molecule has 5 N–H and O–H groups in total. The molecular weight excluding hydrogens is 638 g/mol. The Labute approximate surface area is 270 Å². The summed E-state index contributed by atoms with van der Waals surface area (Å²) >= 11 is 6.01. The van der Waals surface area contributed by atoms with Gasteiger partial charge in [-0.1, -0.05) is 11.6 Å². The van der Waals surface area contributed by atoms with E-state index >= 15 is 4.39 Å². The Hall–Kier alpha value is -5.15. The monoisotopic (exact) mass is 664 g/mol. The van der Waals surface area contributed by atoms with Gasteiger partial charge in [-0.2, -0.15) is 20.5 Å². The number of methoxy groups -OCH3 is 1. The molecule has 13 nitrogen and oxygen atoms in total. The Balaban J connectivity index is 1.32. The number of nitrogens with two attached hydrogens (primary N) is 1. The Morgan fingerprint density at radius 2 is 2.02 bits per heavy atom. The number of nitrogens with one attached hydrogen (secondary N) is 2. The number of pyridine rings is 1. The number of H-pyrrole nitrogens is 1. The first-order chi connectivity index (χ1) is 22.4. The zero-order valence-electron chi connectivity index (χ0n) is 25.0. The molecule has 1 saturated carbocycles. The molecule has 0 saturated heterocycles. The lowest BCUT2D eigenvalue weighted by atomic mass is 9.81. The summed E-state index contributed by atoms with van der Waals surface area (Å²) in [7, 11) is 1.48. The van der Waals surface area contributed by atoms with E-state index in [1.807, 2.05) is 10.9 Å². The highest BCUT2D eigenvalue weighted by Gasteiger charge is 2.47. The van der Waals surface area contributed by atoms with Gasteiger partial charge < -0.3 is 25.6 Å². The minimum atomic E-state index is -2.21. The first-order valence-corrected chi connectivity index (χ1v) is 14.9. The Kier molecular flexibility index (Phi) is 7.13. The average molecular weight is 665 g/mol. The molecule has 0 spiro atoms. The topological polar surface area (TPSA) is 183 Å². The van der Waals surface area contributed by atoms with Gasteiger partial charge in [0.05, 0.1) is 36.6 Å². The van der Waals surface area contributed by atoms with E-state index in [1.54, 1.807) is 12.1 Å². The number of ether oxygens (including phenoxy) is 2. The average Bonchev–Trinajstić information content (AvgIpc) is 3.41. The van der Waals surface area contributed by atoms with E-state index in [-0.39, 0.29) is 46.1 Å². The smallest absolute Gasteiger partial charge is 0.251 e. The molecular formula is C31H27ClF2N8O5. The van der Waals surface area contributed by atoms with Gasteiger partial charge in [0.15, 0.2) is 5.60 Å². The number of aromatic nitrogens is 6. The van der Waals surface area contributed by atoms with Crippen molar-refractivity contribution in [3.05, 3.63) is 81.9 Å². The maximum atomic E-state index is 15.3. The normalized spacial score (nSPS) is 18.4. The number of fused-ring (bicyclic) bond motifs is 2. The fourth-order valence-electron chi connectivity index (χ4n) is 5.64. The lowest BCUT2D eigenvalue weighted by molar-refractivity contribution is -0.123. The Morgan fingerprint density at radius 3 is 2.70 bits per heavy atom. The predicted molar refractivity (Wildman–Crippen MR) is 163 cm³/mol. The second-order valence-electron chi connectivity index (χ2n) is 11.8. The van der Waals surface area contributed by atoms with Gasteiger partial charge in [-0.25, -0.2) is 13.8 Å². The van der Waals surface area contributed by atoms with Crippen LogP contribution < -0.4 is 20.5 Å². The van der Waals surface area contributed by atoms with Crippen molar-refractivity contribution in [2.75, 3.05) is 20.3 Å². The van der Waals surface area contributed by atoms with Crippen molar-refractivity contribution in [3.8, 4) is 22.8 Å². The van der Waals surface area contributed by atoms with Gasteiger partial charge in [0, 0.05) is 34.3 Å². The van der Waals surface area contributed by atoms with Crippen molar-refractivity contribution in [1.29, 1.82) is 0 Å². The number of amides is 2. The molecule has 1 fully saturated rings. The molecule has 47 heavy (non-hydrogen) atoms. The van der Waals surface area contributed by atoms with Gasteiger partial charge in [0.2, 0.25) is 5.91 Å². The molecule has 2 amide bonds. The summed E-state index contributed by atoms with van der Waals surface area (Å²) < 4.78 is 42.6. The van der Waals surface area contributed by atoms with E-state index in [0.29, 0.717) is 28.8 Å². The van der Waals surface area contributed by atoms with Crippen LogP contribution in [-0.2, 0) is 15.8 Å². The number of halogens is 3. The van der Waals surface area contributed by atoms with Crippen LogP contribution in [-0.4, -0.2) is 67.4 Å². The van der Waals surface area contributed by atoms with Gasteiger partial charge in [-0.15, -0.1) is 0 Å². The van der Waals surface area contributed by atoms with Crippen LogP contribution in [0.1, 0.15) is 53.1 Å². The maximum Gasteiger partial charge on any atom is 0.251 e. The van der Waals surface area contributed by atoms with Crippen LogP contribution in [0.25, 0.3) is 22.2 Å². The molecule has 2 aromatic carbocycles. The lowest BCUT2D eigenvalue weighted by Gasteiger charge is -2.28. The predicted octanol–water partition coefficient (Wildman–Crippen LogP) is 3.29. The molecule has 2 aliphatic rings. The molecule has 0 unspecified atom stereocenters.